The third-order valence-electron chi connectivity index (χ3n) is 2.95. The molecular weight excluding hydrogens is 356 g/mol. The molecule has 1 saturated heterocycles. The lowest BCUT2D eigenvalue weighted by Gasteiger charge is -2.31. The average molecular weight is 370 g/mol. The van der Waals surface area contributed by atoms with Gasteiger partial charge in [0.05, 0.1) is 12.7 Å². The molecule has 0 aromatic carbocycles. The first-order chi connectivity index (χ1) is 8.95. The van der Waals surface area contributed by atoms with Crippen molar-refractivity contribution in [2.75, 3.05) is 19.7 Å². The standard InChI is InChI=1S/C11H14BrClN2O3S/c1-2-9-7-15(3-4-18-9)19(16,17)10-5-8(12)6-14-11(10)13/h5-6,9H,2-4,7H2,1H3. The molecule has 0 saturated carbocycles. The first kappa shape index (κ1) is 15.2. The number of sulfonamides is 1. The zero-order valence-corrected chi connectivity index (χ0v) is 13.5. The summed E-state index contributed by atoms with van der Waals surface area (Å²) < 4.78 is 32.6. The van der Waals surface area contributed by atoms with Crippen molar-refractivity contribution in [3.8, 4) is 0 Å². The maximum absolute atomic E-state index is 12.5. The van der Waals surface area contributed by atoms with E-state index in [2.05, 4.69) is 20.9 Å². The quantitative estimate of drug-likeness (QED) is 0.767. The normalized spacial score (nSPS) is 21.5. The minimum absolute atomic E-state index is 0.0114. The van der Waals surface area contributed by atoms with Crippen molar-refractivity contribution in [3.63, 3.8) is 0 Å². The van der Waals surface area contributed by atoms with Gasteiger partial charge in [-0.1, -0.05) is 18.5 Å². The zero-order valence-electron chi connectivity index (χ0n) is 10.3. The highest BCUT2D eigenvalue weighted by Crippen LogP contribution is 2.27. The summed E-state index contributed by atoms with van der Waals surface area (Å²) in [5, 5.41) is -0.0114. The molecule has 1 atom stereocenters. The lowest BCUT2D eigenvalue weighted by molar-refractivity contribution is -0.00278. The van der Waals surface area contributed by atoms with Crippen LogP contribution >= 0.6 is 27.5 Å². The summed E-state index contributed by atoms with van der Waals surface area (Å²) in [5.41, 5.74) is 0. The molecule has 2 heterocycles. The minimum atomic E-state index is -3.63. The molecule has 1 aromatic rings. The first-order valence-electron chi connectivity index (χ1n) is 5.88. The van der Waals surface area contributed by atoms with Crippen molar-refractivity contribution >= 4 is 37.6 Å². The molecule has 0 bridgehead atoms. The van der Waals surface area contributed by atoms with Gasteiger partial charge in [0, 0.05) is 23.8 Å². The molecule has 1 fully saturated rings. The summed E-state index contributed by atoms with van der Waals surface area (Å²) in [5.74, 6) is 0. The lowest BCUT2D eigenvalue weighted by atomic mass is 10.2. The molecule has 106 valence electrons. The molecule has 0 aliphatic carbocycles. The molecule has 1 aromatic heterocycles. The van der Waals surface area contributed by atoms with Crippen molar-refractivity contribution in [1.82, 2.24) is 9.29 Å². The van der Waals surface area contributed by atoms with Gasteiger partial charge in [0.2, 0.25) is 10.0 Å². The van der Waals surface area contributed by atoms with Gasteiger partial charge >= 0.3 is 0 Å². The van der Waals surface area contributed by atoms with E-state index in [0.717, 1.165) is 6.42 Å². The fourth-order valence-electron chi connectivity index (χ4n) is 1.88. The number of rotatable bonds is 3. The van der Waals surface area contributed by atoms with Crippen molar-refractivity contribution in [1.29, 1.82) is 0 Å². The molecule has 0 radical (unpaired) electrons. The van der Waals surface area contributed by atoms with Gasteiger partial charge < -0.3 is 4.74 Å². The van der Waals surface area contributed by atoms with Gasteiger partial charge in [-0.05, 0) is 28.4 Å². The number of nitrogens with zero attached hydrogens (tertiary/aromatic N) is 2. The van der Waals surface area contributed by atoms with E-state index in [9.17, 15) is 8.42 Å². The van der Waals surface area contributed by atoms with Gasteiger partial charge in [0.1, 0.15) is 10.0 Å². The van der Waals surface area contributed by atoms with Crippen LogP contribution in [0, 0.1) is 0 Å². The molecule has 1 aliphatic rings. The number of aromatic nitrogens is 1. The second-order valence-corrected chi connectivity index (χ2v) is 7.39. The van der Waals surface area contributed by atoms with Gasteiger partial charge in [0.25, 0.3) is 0 Å². The average Bonchev–Trinajstić information content (AvgIpc) is 2.41. The van der Waals surface area contributed by atoms with E-state index < -0.39 is 10.0 Å². The van der Waals surface area contributed by atoms with Crippen molar-refractivity contribution < 1.29 is 13.2 Å². The number of morpholine rings is 1. The highest BCUT2D eigenvalue weighted by Gasteiger charge is 2.32. The predicted octanol–water partition coefficient (Wildman–Crippen LogP) is 2.30. The first-order valence-corrected chi connectivity index (χ1v) is 8.49. The van der Waals surface area contributed by atoms with Gasteiger partial charge in [0.15, 0.2) is 0 Å². The van der Waals surface area contributed by atoms with Crippen LogP contribution in [0.1, 0.15) is 13.3 Å². The van der Waals surface area contributed by atoms with E-state index in [1.807, 2.05) is 6.92 Å². The molecule has 8 heteroatoms. The van der Waals surface area contributed by atoms with E-state index in [1.165, 1.54) is 16.6 Å². The SMILES string of the molecule is CCC1CN(S(=O)(=O)c2cc(Br)cnc2Cl)CCO1. The maximum Gasteiger partial charge on any atom is 0.246 e. The predicted molar refractivity (Wildman–Crippen MR) is 75.7 cm³/mol. The van der Waals surface area contributed by atoms with E-state index in [1.54, 1.807) is 0 Å². The third-order valence-corrected chi connectivity index (χ3v) is 5.67. The number of pyridine rings is 1. The second-order valence-electron chi connectivity index (χ2n) is 4.21. The molecule has 2 rings (SSSR count). The largest absolute Gasteiger partial charge is 0.375 e. The van der Waals surface area contributed by atoms with Crippen LogP contribution < -0.4 is 0 Å². The maximum atomic E-state index is 12.5. The van der Waals surface area contributed by atoms with E-state index in [0.29, 0.717) is 24.2 Å². The third kappa shape index (κ3) is 3.28. The lowest BCUT2D eigenvalue weighted by Crippen LogP contribution is -2.45. The van der Waals surface area contributed by atoms with E-state index >= 15 is 0 Å². The fraction of sp³-hybridized carbons (Fsp3) is 0.545. The fourth-order valence-corrected chi connectivity index (χ4v) is 4.26. The van der Waals surface area contributed by atoms with Crippen LogP contribution in [0.3, 0.4) is 0 Å². The Labute approximate surface area is 126 Å². The summed E-state index contributed by atoms with van der Waals surface area (Å²) in [6.45, 7) is 3.05. The van der Waals surface area contributed by atoms with Crippen molar-refractivity contribution in [2.45, 2.75) is 24.3 Å². The molecular formula is C11H14BrClN2O3S. The van der Waals surface area contributed by atoms with Gasteiger partial charge in [-0.15, -0.1) is 0 Å². The van der Waals surface area contributed by atoms with Crippen LogP contribution in [-0.2, 0) is 14.8 Å². The highest BCUT2D eigenvalue weighted by molar-refractivity contribution is 9.10. The Bertz CT molecular complexity index is 567. The topological polar surface area (TPSA) is 59.5 Å². The van der Waals surface area contributed by atoms with Crippen LogP contribution in [0.15, 0.2) is 21.6 Å². The Kier molecular flexibility index (Phi) is 4.84. The summed E-state index contributed by atoms with van der Waals surface area (Å²) in [7, 11) is -3.63. The van der Waals surface area contributed by atoms with E-state index in [4.69, 9.17) is 16.3 Å². The summed E-state index contributed by atoms with van der Waals surface area (Å²) in [4.78, 5) is 3.89. The second kappa shape index (κ2) is 6.05. The smallest absolute Gasteiger partial charge is 0.246 e. The summed E-state index contributed by atoms with van der Waals surface area (Å²) in [6.07, 6.45) is 2.17. The highest BCUT2D eigenvalue weighted by atomic mass is 79.9. The number of halogens is 2. The minimum Gasteiger partial charge on any atom is -0.375 e. The Balaban J connectivity index is 2.34. The Hall–Kier alpha value is -0.210. The molecule has 0 N–H and O–H groups in total. The summed E-state index contributed by atoms with van der Waals surface area (Å²) >= 11 is 9.11. The van der Waals surface area contributed by atoms with E-state index in [-0.39, 0.29) is 16.2 Å². The van der Waals surface area contributed by atoms with Crippen molar-refractivity contribution in [3.05, 3.63) is 21.9 Å². The van der Waals surface area contributed by atoms with Gasteiger partial charge in [-0.3, -0.25) is 0 Å². The van der Waals surface area contributed by atoms with Crippen LogP contribution in [0.2, 0.25) is 5.15 Å². The number of ether oxygens (including phenoxy) is 1. The molecule has 0 spiro atoms. The zero-order chi connectivity index (χ0) is 14.0. The molecule has 19 heavy (non-hydrogen) atoms. The van der Waals surface area contributed by atoms with Crippen LogP contribution in [0.5, 0.6) is 0 Å². The number of hydrogen-bond acceptors (Lipinski definition) is 4. The molecule has 1 aliphatic heterocycles. The molecule has 1 unspecified atom stereocenters. The van der Waals surface area contributed by atoms with Gasteiger partial charge in [-0.25, -0.2) is 13.4 Å². The molecule has 5 nitrogen and oxygen atoms in total. The van der Waals surface area contributed by atoms with Crippen molar-refractivity contribution in [2.24, 2.45) is 0 Å². The number of hydrogen-bond donors (Lipinski definition) is 0. The Morgan fingerprint density at radius 2 is 2.37 bits per heavy atom. The summed E-state index contributed by atoms with van der Waals surface area (Å²) in [6, 6.07) is 1.47. The Morgan fingerprint density at radius 3 is 3.05 bits per heavy atom. The monoisotopic (exact) mass is 368 g/mol. The van der Waals surface area contributed by atoms with Crippen LogP contribution in [0.4, 0.5) is 0 Å². The van der Waals surface area contributed by atoms with Gasteiger partial charge in [-0.2, -0.15) is 4.31 Å². The van der Waals surface area contributed by atoms with Crippen LogP contribution in [-0.4, -0.2) is 43.5 Å². The van der Waals surface area contributed by atoms with Crippen LogP contribution in [0.25, 0.3) is 0 Å². The molecule has 0 amide bonds. The Morgan fingerprint density at radius 1 is 1.63 bits per heavy atom.